The number of anilines is 1. The van der Waals surface area contributed by atoms with Gasteiger partial charge in [0.25, 0.3) is 0 Å². The molecule has 0 radical (unpaired) electrons. The molecule has 142 valence electrons. The first-order valence-electron chi connectivity index (χ1n) is 8.58. The largest absolute Gasteiger partial charge is 0.496 e. The van der Waals surface area contributed by atoms with Crippen LogP contribution in [0, 0.1) is 0 Å². The van der Waals surface area contributed by atoms with Gasteiger partial charge in [-0.25, -0.2) is 0 Å². The normalized spacial score (nSPS) is 13.4. The fourth-order valence-electron chi connectivity index (χ4n) is 2.96. The highest BCUT2D eigenvalue weighted by atomic mass is 35.5. The summed E-state index contributed by atoms with van der Waals surface area (Å²) in [5.74, 6) is 0.933. The number of carbonyl (C=O) groups excluding carboxylic acids is 2. The number of hydrogen-bond acceptors (Lipinski definition) is 4. The number of amides is 2. The van der Waals surface area contributed by atoms with Gasteiger partial charge in [0, 0.05) is 24.2 Å². The van der Waals surface area contributed by atoms with Gasteiger partial charge in [0.1, 0.15) is 18.0 Å². The summed E-state index contributed by atoms with van der Waals surface area (Å²) in [5.41, 5.74) is 1.41. The van der Waals surface area contributed by atoms with Crippen LogP contribution in [0.15, 0.2) is 42.5 Å². The highest BCUT2D eigenvalue weighted by molar-refractivity contribution is 6.30. The summed E-state index contributed by atoms with van der Waals surface area (Å²) in [6.45, 7) is 0.567. The van der Waals surface area contributed by atoms with Crippen molar-refractivity contribution in [3.05, 3.63) is 53.1 Å². The molecule has 0 aromatic heterocycles. The van der Waals surface area contributed by atoms with Crippen molar-refractivity contribution in [3.8, 4) is 11.5 Å². The Bertz CT molecular complexity index is 856. The zero-order valence-electron chi connectivity index (χ0n) is 15.3. The molecule has 1 heterocycles. The number of ether oxygens (including phenoxy) is 2. The van der Waals surface area contributed by atoms with E-state index >= 15 is 0 Å². The Morgan fingerprint density at radius 3 is 2.85 bits per heavy atom. The van der Waals surface area contributed by atoms with Gasteiger partial charge in [-0.1, -0.05) is 23.7 Å². The van der Waals surface area contributed by atoms with Crippen molar-refractivity contribution in [3.63, 3.8) is 0 Å². The smallest absolute Gasteiger partial charge is 0.242 e. The molecule has 0 unspecified atom stereocenters. The Balaban J connectivity index is 1.76. The Morgan fingerprint density at radius 1 is 1.30 bits per heavy atom. The Labute approximate surface area is 163 Å². The van der Waals surface area contributed by atoms with Gasteiger partial charge in [-0.3, -0.25) is 14.5 Å². The van der Waals surface area contributed by atoms with Crippen molar-refractivity contribution in [2.45, 2.75) is 13.0 Å². The molecule has 1 aliphatic rings. The predicted octanol–water partition coefficient (Wildman–Crippen LogP) is 3.12. The van der Waals surface area contributed by atoms with E-state index in [1.807, 2.05) is 12.1 Å². The summed E-state index contributed by atoms with van der Waals surface area (Å²) in [4.78, 5) is 28.3. The van der Waals surface area contributed by atoms with Gasteiger partial charge in [-0.05, 0) is 30.3 Å². The molecular formula is C20H21ClN2O4. The van der Waals surface area contributed by atoms with Crippen LogP contribution in [0.4, 0.5) is 5.69 Å². The summed E-state index contributed by atoms with van der Waals surface area (Å²) in [6, 6.07) is 12.5. The van der Waals surface area contributed by atoms with Gasteiger partial charge in [-0.15, -0.1) is 0 Å². The lowest BCUT2D eigenvalue weighted by molar-refractivity contribution is -0.130. The minimum Gasteiger partial charge on any atom is -0.496 e. The van der Waals surface area contributed by atoms with Crippen molar-refractivity contribution in [2.75, 3.05) is 32.2 Å². The number of halogens is 1. The third-order valence-electron chi connectivity index (χ3n) is 4.40. The SMILES string of the molecule is COc1ccc(Cl)cc1CN(C)C(=O)CN1C(=O)CCOc2ccccc21. The first kappa shape index (κ1) is 19.0. The number of carbonyl (C=O) groups is 2. The number of rotatable bonds is 5. The topological polar surface area (TPSA) is 59.1 Å². The van der Waals surface area contributed by atoms with Crippen LogP contribution in [-0.4, -0.2) is 44.0 Å². The summed E-state index contributed by atoms with van der Waals surface area (Å²) < 4.78 is 10.9. The maximum Gasteiger partial charge on any atom is 0.242 e. The Morgan fingerprint density at radius 2 is 2.07 bits per heavy atom. The van der Waals surface area contributed by atoms with Crippen molar-refractivity contribution < 1.29 is 19.1 Å². The Kier molecular flexibility index (Phi) is 5.86. The molecule has 2 aromatic rings. The molecule has 27 heavy (non-hydrogen) atoms. The second kappa shape index (κ2) is 8.31. The average molecular weight is 389 g/mol. The molecule has 0 spiro atoms. The van der Waals surface area contributed by atoms with Crippen LogP contribution in [0.2, 0.25) is 5.02 Å². The van der Waals surface area contributed by atoms with E-state index in [1.54, 1.807) is 49.4 Å². The van der Waals surface area contributed by atoms with Crippen LogP contribution in [-0.2, 0) is 16.1 Å². The summed E-state index contributed by atoms with van der Waals surface area (Å²) in [6.07, 6.45) is 0.230. The van der Waals surface area contributed by atoms with Crippen LogP contribution in [0.1, 0.15) is 12.0 Å². The number of methoxy groups -OCH3 is 1. The lowest BCUT2D eigenvalue weighted by Crippen LogP contribution is -2.41. The number of nitrogens with zero attached hydrogens (tertiary/aromatic N) is 2. The number of para-hydroxylation sites is 2. The molecule has 0 bridgehead atoms. The van der Waals surface area contributed by atoms with Crippen molar-refractivity contribution >= 4 is 29.1 Å². The van der Waals surface area contributed by atoms with Gasteiger partial charge < -0.3 is 14.4 Å². The minimum absolute atomic E-state index is 0.0570. The lowest BCUT2D eigenvalue weighted by Gasteiger charge is -2.25. The molecule has 0 fully saturated rings. The maximum atomic E-state index is 12.8. The van der Waals surface area contributed by atoms with E-state index in [-0.39, 0.29) is 24.8 Å². The van der Waals surface area contributed by atoms with Gasteiger partial charge in [0.15, 0.2) is 0 Å². The van der Waals surface area contributed by atoms with Crippen LogP contribution in [0.25, 0.3) is 0 Å². The first-order valence-corrected chi connectivity index (χ1v) is 8.96. The van der Waals surface area contributed by atoms with Crippen molar-refractivity contribution in [1.82, 2.24) is 4.90 Å². The second-order valence-corrected chi connectivity index (χ2v) is 6.69. The molecule has 0 N–H and O–H groups in total. The highest BCUT2D eigenvalue weighted by Gasteiger charge is 2.26. The van der Waals surface area contributed by atoms with Crippen LogP contribution < -0.4 is 14.4 Å². The maximum absolute atomic E-state index is 12.8. The molecule has 6 nitrogen and oxygen atoms in total. The van der Waals surface area contributed by atoms with E-state index in [4.69, 9.17) is 21.1 Å². The van der Waals surface area contributed by atoms with Gasteiger partial charge >= 0.3 is 0 Å². The summed E-state index contributed by atoms with van der Waals surface area (Å²) in [7, 11) is 3.26. The highest BCUT2D eigenvalue weighted by Crippen LogP contribution is 2.31. The zero-order valence-corrected chi connectivity index (χ0v) is 16.0. The molecular weight excluding hydrogens is 368 g/mol. The predicted molar refractivity (Wildman–Crippen MR) is 103 cm³/mol. The summed E-state index contributed by atoms with van der Waals surface area (Å²) >= 11 is 6.06. The monoisotopic (exact) mass is 388 g/mol. The summed E-state index contributed by atoms with van der Waals surface area (Å²) in [5, 5.41) is 0.570. The van der Waals surface area contributed by atoms with E-state index < -0.39 is 0 Å². The number of benzene rings is 2. The number of fused-ring (bicyclic) bond motifs is 1. The molecule has 0 saturated carbocycles. The van der Waals surface area contributed by atoms with Crippen LogP contribution in [0.5, 0.6) is 11.5 Å². The molecule has 2 amide bonds. The minimum atomic E-state index is -0.193. The molecule has 0 atom stereocenters. The molecule has 0 saturated heterocycles. The van der Waals surface area contributed by atoms with Crippen LogP contribution >= 0.6 is 11.6 Å². The standard InChI is InChI=1S/C20H21ClN2O4/c1-22(12-14-11-15(21)7-8-17(14)26-2)20(25)13-23-16-5-3-4-6-18(16)27-10-9-19(23)24/h3-8,11H,9-10,12-13H2,1-2H3. The van der Waals surface area contributed by atoms with E-state index in [0.29, 0.717) is 35.4 Å². The molecule has 3 rings (SSSR count). The van der Waals surface area contributed by atoms with E-state index in [0.717, 1.165) is 5.56 Å². The third-order valence-corrected chi connectivity index (χ3v) is 4.63. The van der Waals surface area contributed by atoms with E-state index in [1.165, 1.54) is 4.90 Å². The third kappa shape index (κ3) is 4.34. The quantitative estimate of drug-likeness (QED) is 0.789. The fraction of sp³-hybridized carbons (Fsp3) is 0.300. The molecule has 1 aliphatic heterocycles. The average Bonchev–Trinajstić information content (AvgIpc) is 2.81. The molecule has 2 aromatic carbocycles. The van der Waals surface area contributed by atoms with Crippen molar-refractivity contribution in [2.24, 2.45) is 0 Å². The molecule has 0 aliphatic carbocycles. The molecule has 7 heteroatoms. The zero-order chi connectivity index (χ0) is 19.4. The Hall–Kier alpha value is -2.73. The van der Waals surface area contributed by atoms with Gasteiger partial charge in [0.2, 0.25) is 11.8 Å². The van der Waals surface area contributed by atoms with E-state index in [2.05, 4.69) is 0 Å². The fourth-order valence-corrected chi connectivity index (χ4v) is 3.16. The van der Waals surface area contributed by atoms with E-state index in [9.17, 15) is 9.59 Å². The van der Waals surface area contributed by atoms with Gasteiger partial charge in [-0.2, -0.15) is 0 Å². The lowest BCUT2D eigenvalue weighted by atomic mass is 10.2. The van der Waals surface area contributed by atoms with Crippen LogP contribution in [0.3, 0.4) is 0 Å². The number of hydrogen-bond donors (Lipinski definition) is 0. The van der Waals surface area contributed by atoms with Gasteiger partial charge in [0.05, 0.1) is 25.8 Å². The van der Waals surface area contributed by atoms with Crippen molar-refractivity contribution in [1.29, 1.82) is 0 Å². The second-order valence-electron chi connectivity index (χ2n) is 6.25. The number of likely N-dealkylation sites (N-methyl/N-ethyl adjacent to an activating group) is 1. The first-order chi connectivity index (χ1) is 13.0.